The highest BCUT2D eigenvalue weighted by Gasteiger charge is 2.28. The third-order valence-electron chi connectivity index (χ3n) is 5.01. The maximum Gasteiger partial charge on any atom is 0.286 e. The number of amides is 2. The van der Waals surface area contributed by atoms with E-state index in [0.29, 0.717) is 37.7 Å². The van der Waals surface area contributed by atoms with E-state index < -0.39 is 10.0 Å². The van der Waals surface area contributed by atoms with Crippen LogP contribution < -0.4 is 10.6 Å². The number of hydrogen-bond acceptors (Lipinski definition) is 5. The molecule has 1 atom stereocenters. The monoisotopic (exact) mass is 433 g/mol. The smallest absolute Gasteiger partial charge is 0.286 e. The summed E-state index contributed by atoms with van der Waals surface area (Å²) in [4.78, 5) is 24.0. The number of sulfonamides is 1. The van der Waals surface area contributed by atoms with Gasteiger partial charge in [-0.1, -0.05) is 6.92 Å². The normalized spacial score (nSPS) is 17.4. The Kier molecular flexibility index (Phi) is 7.28. The summed E-state index contributed by atoms with van der Waals surface area (Å²) in [6, 6.07) is 9.43. The second-order valence-electron chi connectivity index (χ2n) is 7.52. The van der Waals surface area contributed by atoms with E-state index in [1.165, 1.54) is 22.7 Å². The lowest BCUT2D eigenvalue weighted by molar-refractivity contribution is -0.116. The van der Waals surface area contributed by atoms with Gasteiger partial charge in [-0.05, 0) is 61.6 Å². The predicted octanol–water partition coefficient (Wildman–Crippen LogP) is 2.85. The third-order valence-corrected chi connectivity index (χ3v) is 6.89. The Morgan fingerprint density at radius 2 is 1.97 bits per heavy atom. The number of anilines is 1. The van der Waals surface area contributed by atoms with E-state index in [1.807, 2.05) is 0 Å². The lowest BCUT2D eigenvalue weighted by Crippen LogP contribution is -2.39. The van der Waals surface area contributed by atoms with E-state index >= 15 is 0 Å². The third kappa shape index (κ3) is 5.70. The van der Waals surface area contributed by atoms with Gasteiger partial charge < -0.3 is 15.1 Å². The van der Waals surface area contributed by atoms with Crippen molar-refractivity contribution in [2.75, 3.05) is 25.0 Å². The molecule has 2 N–H and O–H groups in total. The standard InChI is InChI=1S/C21H27N3O5S/c1-16-5-3-13-24(15-16)30(27,28)18-10-8-17(9-11-18)23-20(25)7-2-12-22-21(26)19-6-4-14-29-19/h4,6,8-11,14,16H,2-3,5,7,12-13,15H2,1H3,(H,22,26)(H,23,25)/t16-/m1/s1. The topological polar surface area (TPSA) is 109 Å². The van der Waals surface area contributed by atoms with Gasteiger partial charge in [-0.2, -0.15) is 4.31 Å². The highest BCUT2D eigenvalue weighted by molar-refractivity contribution is 7.89. The van der Waals surface area contributed by atoms with Crippen LogP contribution in [-0.2, 0) is 14.8 Å². The zero-order valence-corrected chi connectivity index (χ0v) is 17.8. The molecule has 2 aromatic rings. The van der Waals surface area contributed by atoms with Gasteiger partial charge in [-0.3, -0.25) is 9.59 Å². The SMILES string of the molecule is C[C@@H]1CCCN(S(=O)(=O)c2ccc(NC(=O)CCCNC(=O)c3ccco3)cc2)C1. The number of carbonyl (C=O) groups is 2. The Morgan fingerprint density at radius 1 is 1.20 bits per heavy atom. The molecule has 3 rings (SSSR count). The van der Waals surface area contributed by atoms with Gasteiger partial charge in [-0.25, -0.2) is 8.42 Å². The van der Waals surface area contributed by atoms with Crippen LogP contribution in [0.4, 0.5) is 5.69 Å². The van der Waals surface area contributed by atoms with Crippen LogP contribution >= 0.6 is 0 Å². The molecule has 0 radical (unpaired) electrons. The molecule has 9 heteroatoms. The molecule has 1 aromatic heterocycles. The minimum atomic E-state index is -3.51. The highest BCUT2D eigenvalue weighted by Crippen LogP contribution is 2.24. The van der Waals surface area contributed by atoms with Crippen LogP contribution in [0.3, 0.4) is 0 Å². The van der Waals surface area contributed by atoms with Crippen molar-refractivity contribution in [1.29, 1.82) is 0 Å². The molecule has 30 heavy (non-hydrogen) atoms. The predicted molar refractivity (Wildman–Crippen MR) is 113 cm³/mol. The zero-order chi connectivity index (χ0) is 21.6. The van der Waals surface area contributed by atoms with Gasteiger partial charge in [-0.15, -0.1) is 0 Å². The average molecular weight is 434 g/mol. The molecule has 1 saturated heterocycles. The second-order valence-corrected chi connectivity index (χ2v) is 9.46. The van der Waals surface area contributed by atoms with Gasteiger partial charge >= 0.3 is 0 Å². The molecule has 0 unspecified atom stereocenters. The number of nitrogens with one attached hydrogen (secondary N) is 2. The van der Waals surface area contributed by atoms with E-state index in [4.69, 9.17) is 4.42 Å². The van der Waals surface area contributed by atoms with Crippen molar-refractivity contribution in [3.05, 3.63) is 48.4 Å². The van der Waals surface area contributed by atoms with E-state index in [-0.39, 0.29) is 28.9 Å². The van der Waals surface area contributed by atoms with Gasteiger partial charge in [0.1, 0.15) is 0 Å². The summed E-state index contributed by atoms with van der Waals surface area (Å²) >= 11 is 0. The molecule has 8 nitrogen and oxygen atoms in total. The summed E-state index contributed by atoms with van der Waals surface area (Å²) in [5.74, 6) is 0.0625. The van der Waals surface area contributed by atoms with Crippen LogP contribution in [-0.4, -0.2) is 44.2 Å². The molecule has 1 aliphatic heterocycles. The molecular weight excluding hydrogens is 406 g/mol. The van der Waals surface area contributed by atoms with Crippen LogP contribution in [0, 0.1) is 5.92 Å². The minimum Gasteiger partial charge on any atom is -0.459 e. The summed E-state index contributed by atoms with van der Waals surface area (Å²) in [6.45, 7) is 3.49. The number of rotatable bonds is 8. The number of furan rings is 1. The molecule has 162 valence electrons. The van der Waals surface area contributed by atoms with E-state index in [9.17, 15) is 18.0 Å². The van der Waals surface area contributed by atoms with E-state index in [0.717, 1.165) is 12.8 Å². The number of benzene rings is 1. The summed E-state index contributed by atoms with van der Waals surface area (Å²) in [5.41, 5.74) is 0.533. The number of carbonyl (C=O) groups excluding carboxylic acids is 2. The largest absolute Gasteiger partial charge is 0.459 e. The van der Waals surface area contributed by atoms with Crippen molar-refractivity contribution in [2.45, 2.75) is 37.5 Å². The van der Waals surface area contributed by atoms with Crippen LogP contribution in [0.1, 0.15) is 43.2 Å². The number of hydrogen-bond donors (Lipinski definition) is 2. The van der Waals surface area contributed by atoms with E-state index in [1.54, 1.807) is 24.3 Å². The molecule has 0 aliphatic carbocycles. The molecule has 1 aliphatic rings. The van der Waals surface area contributed by atoms with Gasteiger partial charge in [0, 0.05) is 31.7 Å². The Hall–Kier alpha value is -2.65. The van der Waals surface area contributed by atoms with E-state index in [2.05, 4.69) is 17.6 Å². The second kappa shape index (κ2) is 9.90. The summed E-state index contributed by atoms with van der Waals surface area (Å²) < 4.78 is 32.1. The molecule has 1 fully saturated rings. The quantitative estimate of drug-likeness (QED) is 0.622. The lowest BCUT2D eigenvalue weighted by atomic mass is 10.0. The summed E-state index contributed by atoms with van der Waals surface area (Å²) in [7, 11) is -3.51. The van der Waals surface area contributed by atoms with Gasteiger partial charge in [0.05, 0.1) is 11.2 Å². The van der Waals surface area contributed by atoms with Crippen molar-refractivity contribution in [2.24, 2.45) is 5.92 Å². The lowest BCUT2D eigenvalue weighted by Gasteiger charge is -2.30. The number of nitrogens with zero attached hydrogens (tertiary/aromatic N) is 1. The first-order valence-electron chi connectivity index (χ1n) is 10.1. The highest BCUT2D eigenvalue weighted by atomic mass is 32.2. The van der Waals surface area contributed by atoms with Crippen LogP contribution in [0.25, 0.3) is 0 Å². The molecular formula is C21H27N3O5S. The molecule has 0 spiro atoms. The first-order valence-corrected chi connectivity index (χ1v) is 11.5. The Balaban J connectivity index is 1.45. The van der Waals surface area contributed by atoms with Crippen molar-refractivity contribution in [1.82, 2.24) is 9.62 Å². The average Bonchev–Trinajstić information content (AvgIpc) is 3.26. The molecule has 0 saturated carbocycles. The van der Waals surface area contributed by atoms with Crippen molar-refractivity contribution < 1.29 is 22.4 Å². The van der Waals surface area contributed by atoms with Crippen molar-refractivity contribution in [3.63, 3.8) is 0 Å². The van der Waals surface area contributed by atoms with Crippen LogP contribution in [0.5, 0.6) is 0 Å². The van der Waals surface area contributed by atoms with Crippen molar-refractivity contribution in [3.8, 4) is 0 Å². The van der Waals surface area contributed by atoms with Crippen LogP contribution in [0.2, 0.25) is 0 Å². The minimum absolute atomic E-state index is 0.206. The summed E-state index contributed by atoms with van der Waals surface area (Å²) in [6.07, 6.45) is 4.04. The molecule has 2 amide bonds. The first-order chi connectivity index (χ1) is 14.4. The fourth-order valence-corrected chi connectivity index (χ4v) is 4.99. The van der Waals surface area contributed by atoms with Gasteiger partial charge in [0.2, 0.25) is 15.9 Å². The Morgan fingerprint density at radius 3 is 2.63 bits per heavy atom. The Bertz CT molecular complexity index is 955. The number of piperidine rings is 1. The zero-order valence-electron chi connectivity index (χ0n) is 17.0. The first kappa shape index (κ1) is 22.0. The molecule has 0 bridgehead atoms. The maximum atomic E-state index is 12.8. The maximum absolute atomic E-state index is 12.8. The van der Waals surface area contributed by atoms with Crippen LogP contribution in [0.15, 0.2) is 52.0 Å². The van der Waals surface area contributed by atoms with Gasteiger partial charge in [0.25, 0.3) is 5.91 Å². The van der Waals surface area contributed by atoms with Gasteiger partial charge in [0.15, 0.2) is 5.76 Å². The fraction of sp³-hybridized carbons (Fsp3) is 0.429. The summed E-state index contributed by atoms with van der Waals surface area (Å²) in [5, 5.41) is 5.42. The molecule has 1 aromatic carbocycles. The Labute approximate surface area is 176 Å². The fourth-order valence-electron chi connectivity index (χ4n) is 3.39. The molecule has 2 heterocycles. The van der Waals surface area contributed by atoms with Crippen molar-refractivity contribution >= 4 is 27.5 Å².